The van der Waals surface area contributed by atoms with Gasteiger partial charge in [0.05, 0.1) is 24.6 Å². The van der Waals surface area contributed by atoms with Gasteiger partial charge in [-0.15, -0.1) is 0 Å². The van der Waals surface area contributed by atoms with Crippen LogP contribution in [-0.2, 0) is 9.59 Å². The monoisotopic (exact) mass is 392 g/mol. The fraction of sp³-hybridized carbons (Fsp3) is 0.348. The van der Waals surface area contributed by atoms with Crippen molar-refractivity contribution in [2.45, 2.75) is 26.2 Å². The van der Waals surface area contributed by atoms with E-state index in [9.17, 15) is 14.4 Å². The summed E-state index contributed by atoms with van der Waals surface area (Å²) in [5.74, 6) is 0.112. The summed E-state index contributed by atoms with van der Waals surface area (Å²) in [6.07, 6.45) is 2.48. The van der Waals surface area contributed by atoms with E-state index in [0.29, 0.717) is 28.6 Å². The Morgan fingerprint density at radius 3 is 2.48 bits per heavy atom. The summed E-state index contributed by atoms with van der Waals surface area (Å²) in [5, 5.41) is 2.82. The summed E-state index contributed by atoms with van der Waals surface area (Å²) in [4.78, 5) is 39.7. The summed E-state index contributed by atoms with van der Waals surface area (Å²) < 4.78 is 5.12. The molecule has 4 rings (SSSR count). The third-order valence-electron chi connectivity index (χ3n) is 5.90. The smallest absolute Gasteiger partial charge is 0.255 e. The number of methoxy groups -OCH3 is 1. The molecule has 6 heteroatoms. The average Bonchev–Trinajstić information content (AvgIpc) is 2.98. The van der Waals surface area contributed by atoms with E-state index >= 15 is 0 Å². The Morgan fingerprint density at radius 1 is 1.03 bits per heavy atom. The first-order valence-electron chi connectivity index (χ1n) is 9.91. The first kappa shape index (κ1) is 19.2. The number of carbonyl (C=O) groups excluding carboxylic acids is 3. The number of benzene rings is 2. The molecule has 0 bridgehead atoms. The lowest BCUT2D eigenvalue weighted by molar-refractivity contribution is -0.122. The Balaban J connectivity index is 1.54. The first-order chi connectivity index (χ1) is 14.0. The highest BCUT2D eigenvalue weighted by Crippen LogP contribution is 2.42. The highest BCUT2D eigenvalue weighted by Gasteiger charge is 2.50. The lowest BCUT2D eigenvalue weighted by Crippen LogP contribution is -2.31. The minimum absolute atomic E-state index is 0.139. The van der Waals surface area contributed by atoms with Gasteiger partial charge >= 0.3 is 0 Å². The molecule has 2 fully saturated rings. The second-order valence-electron chi connectivity index (χ2n) is 7.88. The number of hydrogen-bond acceptors (Lipinski definition) is 4. The molecule has 1 aliphatic heterocycles. The fourth-order valence-electron chi connectivity index (χ4n) is 4.31. The topological polar surface area (TPSA) is 75.7 Å². The third-order valence-corrected chi connectivity index (χ3v) is 5.90. The SMILES string of the molecule is COc1ccc(NC(=O)c2cccc(N3C(=O)[C@H]4C[C@@H](C)CC[C@H]4C3=O)c2)cc1. The minimum Gasteiger partial charge on any atom is -0.497 e. The zero-order chi connectivity index (χ0) is 20.5. The Bertz CT molecular complexity index is 954. The molecular weight excluding hydrogens is 368 g/mol. The van der Waals surface area contributed by atoms with Crippen molar-refractivity contribution in [3.05, 3.63) is 54.1 Å². The summed E-state index contributed by atoms with van der Waals surface area (Å²) in [6.45, 7) is 2.13. The number of imide groups is 1. The van der Waals surface area contributed by atoms with Crippen LogP contribution >= 0.6 is 0 Å². The molecular formula is C23H24N2O4. The molecule has 0 unspecified atom stereocenters. The van der Waals surface area contributed by atoms with Crippen molar-refractivity contribution < 1.29 is 19.1 Å². The van der Waals surface area contributed by atoms with E-state index < -0.39 is 0 Å². The van der Waals surface area contributed by atoms with Crippen molar-refractivity contribution in [2.24, 2.45) is 17.8 Å². The van der Waals surface area contributed by atoms with Gasteiger partial charge in [-0.2, -0.15) is 0 Å². The van der Waals surface area contributed by atoms with Crippen LogP contribution in [0.25, 0.3) is 0 Å². The van der Waals surface area contributed by atoms with Crippen molar-refractivity contribution in [1.82, 2.24) is 0 Å². The standard InChI is InChI=1S/C23H24N2O4/c1-14-6-11-19-20(12-14)23(28)25(22(19)27)17-5-3-4-15(13-17)21(26)24-16-7-9-18(29-2)10-8-16/h3-5,7-10,13-14,19-20H,6,11-12H2,1-2H3,(H,24,26)/t14-,19+,20-/m0/s1. The normalized spacial score (nSPS) is 23.7. The number of nitrogens with one attached hydrogen (secondary N) is 1. The number of nitrogens with zero attached hydrogens (tertiary/aromatic N) is 1. The number of fused-ring (bicyclic) bond motifs is 1. The number of amides is 3. The molecule has 2 aromatic carbocycles. The van der Waals surface area contributed by atoms with Gasteiger partial charge in [0.15, 0.2) is 0 Å². The molecule has 1 saturated heterocycles. The van der Waals surface area contributed by atoms with E-state index in [4.69, 9.17) is 4.74 Å². The van der Waals surface area contributed by atoms with Crippen molar-refractivity contribution in [3.63, 3.8) is 0 Å². The van der Waals surface area contributed by atoms with Crippen LogP contribution in [-0.4, -0.2) is 24.8 Å². The number of hydrogen-bond donors (Lipinski definition) is 1. The van der Waals surface area contributed by atoms with Gasteiger partial charge in [0, 0.05) is 11.3 Å². The van der Waals surface area contributed by atoms with Crippen LogP contribution in [0.1, 0.15) is 36.5 Å². The zero-order valence-corrected chi connectivity index (χ0v) is 16.6. The van der Waals surface area contributed by atoms with Crippen LogP contribution in [0.3, 0.4) is 0 Å². The maximum absolute atomic E-state index is 12.9. The highest BCUT2D eigenvalue weighted by molar-refractivity contribution is 6.22. The van der Waals surface area contributed by atoms with Crippen LogP contribution in [0.15, 0.2) is 48.5 Å². The van der Waals surface area contributed by atoms with E-state index in [1.807, 2.05) is 0 Å². The molecule has 1 aliphatic carbocycles. The molecule has 1 heterocycles. The van der Waals surface area contributed by atoms with Crippen molar-refractivity contribution in [2.75, 3.05) is 17.3 Å². The average molecular weight is 392 g/mol. The Kier molecular flexibility index (Phi) is 5.09. The molecule has 3 atom stereocenters. The number of anilines is 2. The van der Waals surface area contributed by atoms with Crippen molar-refractivity contribution >= 4 is 29.1 Å². The van der Waals surface area contributed by atoms with Gasteiger partial charge in [-0.1, -0.05) is 13.0 Å². The Morgan fingerprint density at radius 2 is 1.76 bits per heavy atom. The Labute approximate surface area is 169 Å². The van der Waals surface area contributed by atoms with Crippen LogP contribution in [0, 0.1) is 17.8 Å². The van der Waals surface area contributed by atoms with Gasteiger partial charge in [0.2, 0.25) is 11.8 Å². The Hall–Kier alpha value is -3.15. The molecule has 0 spiro atoms. The minimum atomic E-state index is -0.304. The molecule has 1 N–H and O–H groups in total. The van der Waals surface area contributed by atoms with Gasteiger partial charge in [0.1, 0.15) is 5.75 Å². The fourth-order valence-corrected chi connectivity index (χ4v) is 4.31. The van der Waals surface area contributed by atoms with Crippen LogP contribution in [0.5, 0.6) is 5.75 Å². The van der Waals surface area contributed by atoms with Gasteiger partial charge in [0.25, 0.3) is 5.91 Å². The molecule has 2 aromatic rings. The molecule has 6 nitrogen and oxygen atoms in total. The van der Waals surface area contributed by atoms with Crippen LogP contribution in [0.4, 0.5) is 11.4 Å². The largest absolute Gasteiger partial charge is 0.497 e. The maximum Gasteiger partial charge on any atom is 0.255 e. The summed E-state index contributed by atoms with van der Waals surface area (Å²) in [6, 6.07) is 13.7. The van der Waals surface area contributed by atoms with Crippen LogP contribution in [0.2, 0.25) is 0 Å². The van der Waals surface area contributed by atoms with Crippen molar-refractivity contribution in [3.8, 4) is 5.75 Å². The second-order valence-corrected chi connectivity index (χ2v) is 7.88. The van der Waals surface area contributed by atoms with E-state index in [1.165, 1.54) is 4.90 Å². The number of carbonyl (C=O) groups is 3. The summed E-state index contributed by atoms with van der Waals surface area (Å²) >= 11 is 0. The summed E-state index contributed by atoms with van der Waals surface area (Å²) in [7, 11) is 1.58. The summed E-state index contributed by atoms with van der Waals surface area (Å²) in [5.41, 5.74) is 1.49. The lowest BCUT2D eigenvalue weighted by Gasteiger charge is -2.25. The van der Waals surface area contributed by atoms with Gasteiger partial charge in [-0.3, -0.25) is 19.3 Å². The zero-order valence-electron chi connectivity index (χ0n) is 16.6. The maximum atomic E-state index is 12.9. The molecule has 0 aromatic heterocycles. The molecule has 3 amide bonds. The highest BCUT2D eigenvalue weighted by atomic mass is 16.5. The quantitative estimate of drug-likeness (QED) is 0.802. The van der Waals surface area contributed by atoms with Crippen molar-refractivity contribution in [1.29, 1.82) is 0 Å². The predicted octanol–water partition coefficient (Wildman–Crippen LogP) is 3.87. The van der Waals surface area contributed by atoms with Gasteiger partial charge in [-0.25, -0.2) is 0 Å². The molecule has 0 radical (unpaired) electrons. The number of rotatable bonds is 4. The molecule has 2 aliphatic rings. The second kappa shape index (κ2) is 7.70. The third kappa shape index (κ3) is 3.62. The number of ether oxygens (including phenoxy) is 1. The van der Waals surface area contributed by atoms with E-state index in [-0.39, 0.29) is 29.6 Å². The van der Waals surface area contributed by atoms with Gasteiger partial charge < -0.3 is 10.1 Å². The van der Waals surface area contributed by atoms with Crippen LogP contribution < -0.4 is 15.0 Å². The first-order valence-corrected chi connectivity index (χ1v) is 9.91. The molecule has 150 valence electrons. The van der Waals surface area contributed by atoms with Gasteiger partial charge in [-0.05, 0) is 67.6 Å². The predicted molar refractivity (Wildman–Crippen MR) is 110 cm³/mol. The molecule has 1 saturated carbocycles. The van der Waals surface area contributed by atoms with E-state index in [0.717, 1.165) is 19.3 Å². The molecule has 29 heavy (non-hydrogen) atoms. The lowest BCUT2D eigenvalue weighted by atomic mass is 9.76. The van der Waals surface area contributed by atoms with E-state index in [2.05, 4.69) is 12.2 Å². The van der Waals surface area contributed by atoms with E-state index in [1.54, 1.807) is 55.6 Å².